The molecule has 2 aromatic rings. The van der Waals surface area contributed by atoms with Crippen LogP contribution >= 0.6 is 0 Å². The maximum atomic E-state index is 12.1. The fourth-order valence-electron chi connectivity index (χ4n) is 1.78. The Morgan fingerprint density at radius 1 is 1.33 bits per heavy atom. The maximum Gasteiger partial charge on any atom is 0.257 e. The van der Waals surface area contributed by atoms with Crippen molar-refractivity contribution in [3.8, 4) is 0 Å². The van der Waals surface area contributed by atoms with Crippen LogP contribution in [0.15, 0.2) is 18.6 Å². The molecule has 6 nitrogen and oxygen atoms in total. The molecule has 0 aromatic carbocycles. The second-order valence-electron chi connectivity index (χ2n) is 4.44. The fourth-order valence-corrected chi connectivity index (χ4v) is 1.78. The second kappa shape index (κ2) is 4.64. The monoisotopic (exact) mass is 247 g/mol. The number of hydrogen-bond donors (Lipinski definition) is 0. The summed E-state index contributed by atoms with van der Waals surface area (Å²) in [6, 6.07) is 0. The molecule has 0 bridgehead atoms. The van der Waals surface area contributed by atoms with Crippen LogP contribution in [0.4, 0.5) is 0 Å². The molecule has 0 atom stereocenters. The minimum absolute atomic E-state index is 0.0358. The molecule has 0 unspecified atom stereocenters. The quantitative estimate of drug-likeness (QED) is 0.803. The van der Waals surface area contributed by atoms with Gasteiger partial charge >= 0.3 is 0 Å². The van der Waals surface area contributed by atoms with Crippen LogP contribution in [0.1, 0.15) is 21.6 Å². The van der Waals surface area contributed by atoms with Gasteiger partial charge in [0.05, 0.1) is 18.0 Å². The van der Waals surface area contributed by atoms with E-state index in [1.807, 2.05) is 14.0 Å². The van der Waals surface area contributed by atoms with E-state index in [1.54, 1.807) is 46.9 Å². The normalized spacial score (nSPS) is 10.7. The van der Waals surface area contributed by atoms with Crippen molar-refractivity contribution in [1.29, 1.82) is 0 Å². The number of carbonyl (C=O) groups excluding carboxylic acids is 1. The summed E-state index contributed by atoms with van der Waals surface area (Å²) in [5.74, 6) is -0.0358. The summed E-state index contributed by atoms with van der Waals surface area (Å²) in [7, 11) is 5.46. The zero-order valence-corrected chi connectivity index (χ0v) is 11.1. The molecule has 0 saturated carbocycles. The topological polar surface area (TPSA) is 56.0 Å². The summed E-state index contributed by atoms with van der Waals surface area (Å²) < 4.78 is 3.42. The van der Waals surface area contributed by atoms with E-state index >= 15 is 0 Å². The zero-order valence-electron chi connectivity index (χ0n) is 11.1. The smallest absolute Gasteiger partial charge is 0.257 e. The molecule has 6 heteroatoms. The molecule has 2 heterocycles. The van der Waals surface area contributed by atoms with Gasteiger partial charge in [0, 0.05) is 45.1 Å². The summed E-state index contributed by atoms with van der Waals surface area (Å²) in [6.45, 7) is 2.54. The van der Waals surface area contributed by atoms with Crippen molar-refractivity contribution >= 4 is 5.91 Å². The molecule has 0 aliphatic rings. The van der Waals surface area contributed by atoms with Gasteiger partial charge in [-0.05, 0) is 6.92 Å². The number of hydrogen-bond acceptors (Lipinski definition) is 3. The fraction of sp³-hybridized carbons (Fsp3) is 0.417. The number of amides is 1. The van der Waals surface area contributed by atoms with E-state index in [1.165, 1.54) is 0 Å². The van der Waals surface area contributed by atoms with Gasteiger partial charge in [-0.3, -0.25) is 14.2 Å². The van der Waals surface area contributed by atoms with Crippen LogP contribution in [0.5, 0.6) is 0 Å². The van der Waals surface area contributed by atoms with Gasteiger partial charge in [0.2, 0.25) is 0 Å². The molecule has 0 N–H and O–H groups in total. The Labute approximate surface area is 106 Å². The summed E-state index contributed by atoms with van der Waals surface area (Å²) in [4.78, 5) is 13.8. The van der Waals surface area contributed by atoms with E-state index in [0.717, 1.165) is 11.3 Å². The van der Waals surface area contributed by atoms with Crippen molar-refractivity contribution in [3.63, 3.8) is 0 Å². The van der Waals surface area contributed by atoms with Crippen molar-refractivity contribution in [2.24, 2.45) is 14.1 Å². The Kier molecular flexibility index (Phi) is 3.18. The van der Waals surface area contributed by atoms with Crippen molar-refractivity contribution in [1.82, 2.24) is 24.5 Å². The first-order valence-electron chi connectivity index (χ1n) is 5.70. The van der Waals surface area contributed by atoms with Crippen molar-refractivity contribution < 1.29 is 4.79 Å². The first-order valence-corrected chi connectivity index (χ1v) is 5.70. The van der Waals surface area contributed by atoms with E-state index in [2.05, 4.69) is 10.2 Å². The van der Waals surface area contributed by atoms with Gasteiger partial charge in [-0.2, -0.15) is 10.2 Å². The molecule has 0 aliphatic heterocycles. The number of carbonyl (C=O) groups is 1. The lowest BCUT2D eigenvalue weighted by molar-refractivity contribution is 0.0785. The van der Waals surface area contributed by atoms with Crippen LogP contribution in [0.25, 0.3) is 0 Å². The SMILES string of the molecule is Cc1c(CN(C)C(=O)c2cnn(C)c2)cnn1C. The molecular weight excluding hydrogens is 230 g/mol. The molecule has 18 heavy (non-hydrogen) atoms. The van der Waals surface area contributed by atoms with Crippen LogP contribution in [0.2, 0.25) is 0 Å². The standard InChI is InChI=1S/C12H17N5O/c1-9-10(5-14-17(9)4)7-15(2)12(18)11-6-13-16(3)8-11/h5-6,8H,7H2,1-4H3. The molecule has 1 amide bonds. The third kappa shape index (κ3) is 2.27. The minimum atomic E-state index is -0.0358. The first kappa shape index (κ1) is 12.3. The summed E-state index contributed by atoms with van der Waals surface area (Å²) in [6.07, 6.45) is 5.09. The van der Waals surface area contributed by atoms with E-state index in [0.29, 0.717) is 12.1 Å². The number of aromatic nitrogens is 4. The average molecular weight is 247 g/mol. The van der Waals surface area contributed by atoms with Crippen molar-refractivity contribution in [2.75, 3.05) is 7.05 Å². The summed E-state index contributed by atoms with van der Waals surface area (Å²) in [5, 5.41) is 8.17. The van der Waals surface area contributed by atoms with Gasteiger partial charge in [-0.15, -0.1) is 0 Å². The van der Waals surface area contributed by atoms with Gasteiger partial charge in [0.1, 0.15) is 0 Å². The Morgan fingerprint density at radius 3 is 2.56 bits per heavy atom. The Hall–Kier alpha value is -2.11. The molecule has 2 rings (SSSR count). The van der Waals surface area contributed by atoms with Gasteiger partial charge in [0.25, 0.3) is 5.91 Å². The molecule has 2 aromatic heterocycles. The lowest BCUT2D eigenvalue weighted by Crippen LogP contribution is -2.26. The molecule has 0 fully saturated rings. The largest absolute Gasteiger partial charge is 0.337 e. The van der Waals surface area contributed by atoms with Crippen LogP contribution < -0.4 is 0 Å². The number of nitrogens with zero attached hydrogens (tertiary/aromatic N) is 5. The molecule has 96 valence electrons. The van der Waals surface area contributed by atoms with E-state index in [-0.39, 0.29) is 5.91 Å². The van der Waals surface area contributed by atoms with E-state index in [9.17, 15) is 4.79 Å². The summed E-state index contributed by atoms with van der Waals surface area (Å²) in [5.41, 5.74) is 2.72. The first-order chi connectivity index (χ1) is 8.49. The van der Waals surface area contributed by atoms with Crippen LogP contribution in [-0.4, -0.2) is 37.4 Å². The minimum Gasteiger partial charge on any atom is -0.337 e. The van der Waals surface area contributed by atoms with E-state index in [4.69, 9.17) is 0 Å². The number of rotatable bonds is 3. The van der Waals surface area contributed by atoms with Crippen LogP contribution in [0.3, 0.4) is 0 Å². The van der Waals surface area contributed by atoms with Gasteiger partial charge < -0.3 is 4.90 Å². The van der Waals surface area contributed by atoms with Crippen molar-refractivity contribution in [2.45, 2.75) is 13.5 Å². The Morgan fingerprint density at radius 2 is 2.06 bits per heavy atom. The van der Waals surface area contributed by atoms with Gasteiger partial charge in [-0.1, -0.05) is 0 Å². The predicted octanol–water partition coefficient (Wildman–Crippen LogP) is 0.734. The highest BCUT2D eigenvalue weighted by Crippen LogP contribution is 2.10. The molecule has 0 saturated heterocycles. The summed E-state index contributed by atoms with van der Waals surface area (Å²) >= 11 is 0. The van der Waals surface area contributed by atoms with E-state index < -0.39 is 0 Å². The molecule has 0 spiro atoms. The van der Waals surface area contributed by atoms with Crippen molar-refractivity contribution in [3.05, 3.63) is 35.4 Å². The zero-order chi connectivity index (χ0) is 13.3. The highest BCUT2D eigenvalue weighted by atomic mass is 16.2. The van der Waals surface area contributed by atoms with Crippen LogP contribution in [-0.2, 0) is 20.6 Å². The maximum absolute atomic E-state index is 12.1. The predicted molar refractivity (Wildman–Crippen MR) is 67.0 cm³/mol. The lowest BCUT2D eigenvalue weighted by Gasteiger charge is -2.15. The Balaban J connectivity index is 2.10. The van der Waals surface area contributed by atoms with Gasteiger partial charge in [-0.25, -0.2) is 0 Å². The molecule has 0 aliphatic carbocycles. The van der Waals surface area contributed by atoms with Crippen LogP contribution in [0, 0.1) is 6.92 Å². The average Bonchev–Trinajstić information content (AvgIpc) is 2.89. The Bertz CT molecular complexity index is 569. The third-order valence-electron chi connectivity index (χ3n) is 3.04. The second-order valence-corrected chi connectivity index (χ2v) is 4.44. The third-order valence-corrected chi connectivity index (χ3v) is 3.04. The highest BCUT2D eigenvalue weighted by molar-refractivity contribution is 5.93. The lowest BCUT2D eigenvalue weighted by atomic mass is 10.2. The molecular formula is C12H17N5O. The number of aryl methyl sites for hydroxylation is 2. The molecule has 0 radical (unpaired) electrons. The highest BCUT2D eigenvalue weighted by Gasteiger charge is 2.15. The van der Waals surface area contributed by atoms with Gasteiger partial charge in [0.15, 0.2) is 0 Å².